The molecule has 0 saturated heterocycles. The number of halogens is 1. The predicted octanol–water partition coefficient (Wildman–Crippen LogP) is 3.91. The molecule has 5 heteroatoms. The molecular formula is C15H14BrNO3. The Balaban J connectivity index is 1.98. The van der Waals surface area contributed by atoms with Crippen molar-refractivity contribution < 1.29 is 14.3 Å². The van der Waals surface area contributed by atoms with Gasteiger partial charge < -0.3 is 14.4 Å². The normalized spacial score (nSPS) is 14.2. The van der Waals surface area contributed by atoms with Crippen molar-refractivity contribution in [3.05, 3.63) is 52.4 Å². The average molecular weight is 336 g/mol. The van der Waals surface area contributed by atoms with Crippen LogP contribution in [0.2, 0.25) is 0 Å². The maximum atomic E-state index is 11.4. The molecule has 1 aliphatic carbocycles. The van der Waals surface area contributed by atoms with Crippen LogP contribution in [-0.4, -0.2) is 17.1 Å². The van der Waals surface area contributed by atoms with Crippen molar-refractivity contribution in [2.24, 2.45) is 0 Å². The van der Waals surface area contributed by atoms with E-state index in [1.807, 2.05) is 18.2 Å². The van der Waals surface area contributed by atoms with Gasteiger partial charge in [0.1, 0.15) is 5.76 Å². The summed E-state index contributed by atoms with van der Waals surface area (Å²) in [5, 5.41) is 9.37. The Bertz CT molecular complexity index is 620. The number of hydrogen-bond acceptors (Lipinski definition) is 3. The van der Waals surface area contributed by atoms with E-state index in [2.05, 4.69) is 20.8 Å². The zero-order valence-electron chi connectivity index (χ0n) is 10.8. The number of carboxylic acids is 1. The maximum Gasteiger partial charge on any atom is 0.337 e. The summed E-state index contributed by atoms with van der Waals surface area (Å²) in [4.78, 5) is 13.5. The van der Waals surface area contributed by atoms with Crippen molar-refractivity contribution in [1.82, 2.24) is 0 Å². The van der Waals surface area contributed by atoms with E-state index >= 15 is 0 Å². The number of furan rings is 1. The second-order valence-corrected chi connectivity index (χ2v) is 5.82. The van der Waals surface area contributed by atoms with Gasteiger partial charge in [0.05, 0.1) is 24.1 Å². The van der Waals surface area contributed by atoms with Gasteiger partial charge in [-0.2, -0.15) is 0 Å². The monoisotopic (exact) mass is 335 g/mol. The summed E-state index contributed by atoms with van der Waals surface area (Å²) in [5.74, 6) is -0.0641. The van der Waals surface area contributed by atoms with Crippen LogP contribution < -0.4 is 4.90 Å². The third-order valence-electron chi connectivity index (χ3n) is 3.39. The molecule has 2 aromatic rings. The second kappa shape index (κ2) is 5.32. The number of carboxylic acid groups (broad SMARTS) is 1. The van der Waals surface area contributed by atoms with E-state index in [1.54, 1.807) is 18.4 Å². The standard InChI is InChI=1S/C15H14BrNO3/c16-10-3-6-13(15(18)19)14(8-10)17(11-4-5-11)9-12-2-1-7-20-12/h1-3,6-8,11H,4-5,9H2,(H,18,19). The molecule has 1 saturated carbocycles. The predicted molar refractivity (Wildman–Crippen MR) is 79.0 cm³/mol. The summed E-state index contributed by atoms with van der Waals surface area (Å²) < 4.78 is 6.27. The van der Waals surface area contributed by atoms with Crippen LogP contribution >= 0.6 is 15.9 Å². The molecule has 0 radical (unpaired) electrons. The van der Waals surface area contributed by atoms with Crippen LogP contribution in [-0.2, 0) is 6.54 Å². The number of benzene rings is 1. The Hall–Kier alpha value is -1.75. The van der Waals surface area contributed by atoms with Gasteiger partial charge >= 0.3 is 5.97 Å². The molecule has 1 fully saturated rings. The van der Waals surface area contributed by atoms with Gasteiger partial charge in [0.15, 0.2) is 0 Å². The van der Waals surface area contributed by atoms with Crippen molar-refractivity contribution in [3.8, 4) is 0 Å². The summed E-state index contributed by atoms with van der Waals surface area (Å²) >= 11 is 3.42. The van der Waals surface area contributed by atoms with Gasteiger partial charge in [-0.3, -0.25) is 0 Å². The summed E-state index contributed by atoms with van der Waals surface area (Å²) in [7, 11) is 0. The van der Waals surface area contributed by atoms with Gasteiger partial charge in [-0.05, 0) is 43.2 Å². The van der Waals surface area contributed by atoms with Crippen LogP contribution in [0.15, 0.2) is 45.5 Å². The molecule has 0 aliphatic heterocycles. The molecule has 0 atom stereocenters. The lowest BCUT2D eigenvalue weighted by atomic mass is 10.1. The quantitative estimate of drug-likeness (QED) is 0.899. The topological polar surface area (TPSA) is 53.7 Å². The van der Waals surface area contributed by atoms with Crippen molar-refractivity contribution in [1.29, 1.82) is 0 Å². The van der Waals surface area contributed by atoms with Crippen LogP contribution in [0.1, 0.15) is 29.0 Å². The first-order valence-corrected chi connectivity index (χ1v) is 7.26. The highest BCUT2D eigenvalue weighted by molar-refractivity contribution is 9.10. The molecule has 0 amide bonds. The lowest BCUT2D eigenvalue weighted by Crippen LogP contribution is -2.26. The number of aromatic carboxylic acids is 1. The third kappa shape index (κ3) is 2.72. The lowest BCUT2D eigenvalue weighted by Gasteiger charge is -2.25. The zero-order chi connectivity index (χ0) is 14.1. The number of anilines is 1. The summed E-state index contributed by atoms with van der Waals surface area (Å²) in [6, 6.07) is 9.41. The van der Waals surface area contributed by atoms with Crippen molar-refractivity contribution in [3.63, 3.8) is 0 Å². The van der Waals surface area contributed by atoms with Crippen LogP contribution in [0.5, 0.6) is 0 Å². The van der Waals surface area contributed by atoms with E-state index in [0.29, 0.717) is 18.2 Å². The summed E-state index contributed by atoms with van der Waals surface area (Å²) in [6.07, 6.45) is 3.82. The van der Waals surface area contributed by atoms with Gasteiger partial charge in [-0.1, -0.05) is 15.9 Å². The van der Waals surface area contributed by atoms with Crippen LogP contribution in [0.4, 0.5) is 5.69 Å². The summed E-state index contributed by atoms with van der Waals surface area (Å²) in [5.41, 5.74) is 1.07. The smallest absolute Gasteiger partial charge is 0.337 e. The molecule has 1 aliphatic rings. The Kier molecular flexibility index (Phi) is 3.53. The molecule has 3 rings (SSSR count). The highest BCUT2D eigenvalue weighted by atomic mass is 79.9. The van der Waals surface area contributed by atoms with Crippen molar-refractivity contribution >= 4 is 27.6 Å². The highest BCUT2D eigenvalue weighted by Crippen LogP contribution is 2.36. The fourth-order valence-electron chi connectivity index (χ4n) is 2.29. The molecule has 1 aromatic carbocycles. The number of rotatable bonds is 5. The molecule has 4 nitrogen and oxygen atoms in total. The van der Waals surface area contributed by atoms with Crippen molar-refractivity contribution in [2.45, 2.75) is 25.4 Å². The molecule has 1 heterocycles. The lowest BCUT2D eigenvalue weighted by molar-refractivity contribution is 0.0697. The minimum absolute atomic E-state index is 0.326. The van der Waals surface area contributed by atoms with Gasteiger partial charge in [0.2, 0.25) is 0 Å². The minimum Gasteiger partial charge on any atom is -0.478 e. The second-order valence-electron chi connectivity index (χ2n) is 4.91. The molecule has 20 heavy (non-hydrogen) atoms. The Morgan fingerprint density at radius 3 is 2.80 bits per heavy atom. The molecule has 0 bridgehead atoms. The Morgan fingerprint density at radius 1 is 1.40 bits per heavy atom. The maximum absolute atomic E-state index is 11.4. The average Bonchev–Trinajstić information content (AvgIpc) is 3.12. The van der Waals surface area contributed by atoms with Crippen molar-refractivity contribution in [2.75, 3.05) is 4.90 Å². The van der Waals surface area contributed by atoms with E-state index in [0.717, 1.165) is 28.8 Å². The Labute approximate surface area is 125 Å². The Morgan fingerprint density at radius 2 is 2.20 bits per heavy atom. The van der Waals surface area contributed by atoms with Gasteiger partial charge in [-0.15, -0.1) is 0 Å². The molecule has 104 valence electrons. The van der Waals surface area contributed by atoms with E-state index in [-0.39, 0.29) is 0 Å². The molecular weight excluding hydrogens is 322 g/mol. The van der Waals surface area contributed by atoms with Crippen LogP contribution in [0, 0.1) is 0 Å². The van der Waals surface area contributed by atoms with E-state index in [1.165, 1.54) is 0 Å². The SMILES string of the molecule is O=C(O)c1ccc(Br)cc1N(Cc1ccco1)C1CC1. The van der Waals surface area contributed by atoms with E-state index < -0.39 is 5.97 Å². The molecule has 0 spiro atoms. The number of carbonyl (C=O) groups is 1. The number of nitrogens with zero attached hydrogens (tertiary/aromatic N) is 1. The van der Waals surface area contributed by atoms with E-state index in [9.17, 15) is 9.90 Å². The van der Waals surface area contributed by atoms with Gasteiger partial charge in [0.25, 0.3) is 0 Å². The van der Waals surface area contributed by atoms with Gasteiger partial charge in [-0.25, -0.2) is 4.79 Å². The minimum atomic E-state index is -0.905. The third-order valence-corrected chi connectivity index (χ3v) is 3.89. The fraction of sp³-hybridized carbons (Fsp3) is 0.267. The largest absolute Gasteiger partial charge is 0.478 e. The van der Waals surface area contributed by atoms with Gasteiger partial charge in [0, 0.05) is 10.5 Å². The molecule has 0 unspecified atom stereocenters. The first-order valence-electron chi connectivity index (χ1n) is 6.47. The fourth-order valence-corrected chi connectivity index (χ4v) is 2.64. The van der Waals surface area contributed by atoms with Crippen LogP contribution in [0.3, 0.4) is 0 Å². The molecule has 1 aromatic heterocycles. The van der Waals surface area contributed by atoms with E-state index in [4.69, 9.17) is 4.42 Å². The zero-order valence-corrected chi connectivity index (χ0v) is 12.3. The highest BCUT2D eigenvalue weighted by Gasteiger charge is 2.32. The van der Waals surface area contributed by atoms with Crippen LogP contribution in [0.25, 0.3) is 0 Å². The summed E-state index contributed by atoms with van der Waals surface area (Å²) in [6.45, 7) is 0.592. The molecule has 1 N–H and O–H groups in total. The first-order chi connectivity index (χ1) is 9.65. The number of hydrogen-bond donors (Lipinski definition) is 1. The first kappa shape index (κ1) is 13.2.